The van der Waals surface area contributed by atoms with Crippen molar-refractivity contribution in [1.82, 2.24) is 9.97 Å². The first kappa shape index (κ1) is 22.3. The van der Waals surface area contributed by atoms with Gasteiger partial charge in [0.05, 0.1) is 35.7 Å². The van der Waals surface area contributed by atoms with Gasteiger partial charge in [-0.2, -0.15) is 15.5 Å². The van der Waals surface area contributed by atoms with E-state index in [4.69, 9.17) is 26.0 Å². The predicted molar refractivity (Wildman–Crippen MR) is 134 cm³/mol. The van der Waals surface area contributed by atoms with Crippen molar-refractivity contribution in [3.63, 3.8) is 0 Å². The van der Waals surface area contributed by atoms with Gasteiger partial charge in [-0.15, -0.1) is 0 Å². The number of ether oxygens (including phenoxy) is 1. The largest absolute Gasteiger partial charge is 0.496 e. The first-order chi connectivity index (χ1) is 16.4. The lowest BCUT2D eigenvalue weighted by atomic mass is 9.91. The summed E-state index contributed by atoms with van der Waals surface area (Å²) in [5.74, 6) is 1.22. The van der Waals surface area contributed by atoms with Crippen molar-refractivity contribution in [3.8, 4) is 29.0 Å². The maximum absolute atomic E-state index is 9.02. The number of aromatic nitrogens is 2. The van der Waals surface area contributed by atoms with Crippen molar-refractivity contribution >= 4 is 34.4 Å². The fraction of sp³-hybridized carbons (Fsp3) is 0.111. The van der Waals surface area contributed by atoms with Gasteiger partial charge in [0.2, 0.25) is 5.95 Å². The summed E-state index contributed by atoms with van der Waals surface area (Å²) in [5, 5.41) is 21.7. The van der Waals surface area contributed by atoms with Crippen LogP contribution in [0.2, 0.25) is 0 Å². The van der Waals surface area contributed by atoms with Crippen LogP contribution >= 0.6 is 0 Å². The summed E-state index contributed by atoms with van der Waals surface area (Å²) in [6, 6.07) is 19.1. The monoisotopic (exact) mass is 446 g/mol. The van der Waals surface area contributed by atoms with Crippen molar-refractivity contribution in [2.24, 2.45) is 0 Å². The molecule has 0 spiro atoms. The Morgan fingerprint density at radius 1 is 1.00 bits per heavy atom. The third-order valence-electron chi connectivity index (χ3n) is 5.50. The SMILES string of the molecule is COc1ccc(-c2c(C)cc(/C=C/C#N)cc2C)c2nc(Nc3ccc(C#N)cc3)nc(N)c12. The summed E-state index contributed by atoms with van der Waals surface area (Å²) in [6.45, 7) is 4.06. The zero-order chi connectivity index (χ0) is 24.2. The van der Waals surface area contributed by atoms with E-state index in [2.05, 4.69) is 16.4 Å². The lowest BCUT2D eigenvalue weighted by molar-refractivity contribution is 0.420. The van der Waals surface area contributed by atoms with Crippen LogP contribution in [0.25, 0.3) is 28.1 Å². The van der Waals surface area contributed by atoms with E-state index in [1.54, 1.807) is 37.5 Å². The molecule has 34 heavy (non-hydrogen) atoms. The van der Waals surface area contributed by atoms with Crippen LogP contribution in [-0.2, 0) is 0 Å². The third kappa shape index (κ3) is 4.23. The number of anilines is 3. The molecule has 0 aliphatic heterocycles. The van der Waals surface area contributed by atoms with Crippen LogP contribution in [0, 0.1) is 36.5 Å². The zero-order valence-electron chi connectivity index (χ0n) is 19.0. The molecule has 3 aromatic carbocycles. The van der Waals surface area contributed by atoms with Gasteiger partial charge >= 0.3 is 0 Å². The van der Waals surface area contributed by atoms with E-state index in [0.29, 0.717) is 34.0 Å². The number of allylic oxidation sites excluding steroid dienone is 1. The van der Waals surface area contributed by atoms with Gasteiger partial charge in [-0.25, -0.2) is 4.98 Å². The van der Waals surface area contributed by atoms with Crippen molar-refractivity contribution in [2.75, 3.05) is 18.2 Å². The Morgan fingerprint density at radius 3 is 2.32 bits per heavy atom. The minimum Gasteiger partial charge on any atom is -0.496 e. The van der Waals surface area contributed by atoms with Gasteiger partial charge in [0, 0.05) is 17.3 Å². The molecule has 7 nitrogen and oxygen atoms in total. The number of nitrogens with zero attached hydrogens (tertiary/aromatic N) is 4. The maximum atomic E-state index is 9.02. The number of fused-ring (bicyclic) bond motifs is 1. The molecule has 0 radical (unpaired) electrons. The summed E-state index contributed by atoms with van der Waals surface area (Å²) < 4.78 is 5.56. The molecule has 4 aromatic rings. The Balaban J connectivity index is 1.90. The van der Waals surface area contributed by atoms with Crippen molar-refractivity contribution in [1.29, 1.82) is 10.5 Å². The Labute approximate surface area is 197 Å². The summed E-state index contributed by atoms with van der Waals surface area (Å²) in [6.07, 6.45) is 3.25. The topological polar surface area (TPSA) is 121 Å². The van der Waals surface area contributed by atoms with Crippen molar-refractivity contribution in [2.45, 2.75) is 13.8 Å². The lowest BCUT2D eigenvalue weighted by Gasteiger charge is -2.17. The molecule has 166 valence electrons. The van der Waals surface area contributed by atoms with Crippen LogP contribution in [0.3, 0.4) is 0 Å². The molecule has 0 aliphatic carbocycles. The van der Waals surface area contributed by atoms with E-state index < -0.39 is 0 Å². The van der Waals surface area contributed by atoms with Gasteiger partial charge in [-0.1, -0.05) is 12.1 Å². The summed E-state index contributed by atoms with van der Waals surface area (Å²) in [7, 11) is 1.59. The highest BCUT2D eigenvalue weighted by Gasteiger charge is 2.18. The number of benzene rings is 3. The van der Waals surface area contributed by atoms with Crippen LogP contribution in [0.5, 0.6) is 5.75 Å². The lowest BCUT2D eigenvalue weighted by Crippen LogP contribution is -2.04. The Bertz CT molecular complexity index is 1480. The van der Waals surface area contributed by atoms with Crippen LogP contribution in [0.1, 0.15) is 22.3 Å². The molecular weight excluding hydrogens is 424 g/mol. The van der Waals surface area contributed by atoms with E-state index in [1.165, 1.54) is 6.08 Å². The highest BCUT2D eigenvalue weighted by atomic mass is 16.5. The predicted octanol–water partition coefficient (Wildman–Crippen LogP) is 5.66. The van der Waals surface area contributed by atoms with Crippen LogP contribution in [0.15, 0.2) is 54.6 Å². The number of rotatable bonds is 5. The standard InChI is InChI=1S/C27H22N6O/c1-16-13-19(5-4-12-28)14-17(2)23(16)21-10-11-22(34-3)24-25(21)32-27(33-26(24)30)31-20-8-6-18(15-29)7-9-20/h4-11,13-14H,1-3H3,(H3,30,31,32,33)/b5-4+. The van der Waals surface area contributed by atoms with E-state index in [9.17, 15) is 0 Å². The minimum absolute atomic E-state index is 0.295. The molecule has 0 atom stereocenters. The maximum Gasteiger partial charge on any atom is 0.229 e. The summed E-state index contributed by atoms with van der Waals surface area (Å²) >= 11 is 0. The third-order valence-corrected chi connectivity index (χ3v) is 5.50. The molecule has 0 aliphatic rings. The number of hydrogen-bond donors (Lipinski definition) is 2. The van der Waals surface area contributed by atoms with Crippen molar-refractivity contribution in [3.05, 3.63) is 76.9 Å². The van der Waals surface area contributed by atoms with Gasteiger partial charge in [0.15, 0.2) is 0 Å². The molecule has 0 fully saturated rings. The molecule has 4 rings (SSSR count). The number of methoxy groups -OCH3 is 1. The fourth-order valence-electron chi connectivity index (χ4n) is 4.07. The molecule has 1 aromatic heterocycles. The molecule has 0 unspecified atom stereocenters. The number of nitrogens with one attached hydrogen (secondary N) is 1. The molecule has 3 N–H and O–H groups in total. The molecule has 0 amide bonds. The van der Waals surface area contributed by atoms with Gasteiger partial charge in [-0.3, -0.25) is 0 Å². The van der Waals surface area contributed by atoms with Crippen molar-refractivity contribution < 1.29 is 4.74 Å². The van der Waals surface area contributed by atoms with E-state index in [-0.39, 0.29) is 0 Å². The smallest absolute Gasteiger partial charge is 0.229 e. The average molecular weight is 447 g/mol. The van der Waals surface area contributed by atoms with Crippen LogP contribution in [0.4, 0.5) is 17.5 Å². The van der Waals surface area contributed by atoms with E-state index >= 15 is 0 Å². The first-order valence-corrected chi connectivity index (χ1v) is 10.5. The minimum atomic E-state index is 0.295. The number of nitrogen functional groups attached to an aromatic ring is 1. The molecule has 7 heteroatoms. The Hall–Kier alpha value is -4.88. The fourth-order valence-corrected chi connectivity index (χ4v) is 4.07. The Kier molecular flexibility index (Phi) is 6.11. The summed E-state index contributed by atoms with van der Waals surface area (Å²) in [4.78, 5) is 9.25. The molecule has 0 saturated carbocycles. The van der Waals surface area contributed by atoms with E-state index in [1.807, 2.05) is 44.2 Å². The molecule has 0 bridgehead atoms. The first-order valence-electron chi connectivity index (χ1n) is 10.5. The quantitative estimate of drug-likeness (QED) is 0.380. The number of aryl methyl sites for hydroxylation is 2. The number of nitrogens with two attached hydrogens (primary N) is 1. The van der Waals surface area contributed by atoms with Crippen LogP contribution in [-0.4, -0.2) is 17.1 Å². The van der Waals surface area contributed by atoms with Gasteiger partial charge < -0.3 is 15.8 Å². The molecule has 0 saturated heterocycles. The zero-order valence-corrected chi connectivity index (χ0v) is 19.0. The second kappa shape index (κ2) is 9.32. The second-order valence-electron chi connectivity index (χ2n) is 7.78. The summed E-state index contributed by atoms with van der Waals surface area (Å²) in [5.41, 5.74) is 13.3. The van der Waals surface area contributed by atoms with Gasteiger partial charge in [0.25, 0.3) is 0 Å². The van der Waals surface area contributed by atoms with E-state index in [0.717, 1.165) is 33.5 Å². The Morgan fingerprint density at radius 2 is 1.71 bits per heavy atom. The highest BCUT2D eigenvalue weighted by Crippen LogP contribution is 2.39. The number of hydrogen-bond acceptors (Lipinski definition) is 7. The second-order valence-corrected chi connectivity index (χ2v) is 7.78. The normalized spacial score (nSPS) is 10.7. The van der Waals surface area contributed by atoms with Crippen LogP contribution < -0.4 is 15.8 Å². The average Bonchev–Trinajstić information content (AvgIpc) is 2.83. The molecule has 1 heterocycles. The number of nitriles is 2. The van der Waals surface area contributed by atoms with Gasteiger partial charge in [-0.05, 0) is 78.6 Å². The van der Waals surface area contributed by atoms with Gasteiger partial charge in [0.1, 0.15) is 11.6 Å². The molecular formula is C27H22N6O. The highest BCUT2D eigenvalue weighted by molar-refractivity contribution is 6.04.